The van der Waals surface area contributed by atoms with Gasteiger partial charge in [-0.2, -0.15) is 0 Å². The molecule has 0 bridgehead atoms. The molecule has 2 aromatic carbocycles. The smallest absolute Gasteiger partial charge is 0.0406 e. The lowest BCUT2D eigenvalue weighted by Crippen LogP contribution is -2.40. The Morgan fingerprint density at radius 2 is 1.50 bits per heavy atom. The van der Waals surface area contributed by atoms with Gasteiger partial charge in [-0.25, -0.2) is 0 Å². The van der Waals surface area contributed by atoms with Crippen LogP contribution in [0, 0.1) is 0 Å². The van der Waals surface area contributed by atoms with Crippen LogP contribution in [0.2, 0.25) is 5.02 Å². The fourth-order valence-corrected chi connectivity index (χ4v) is 3.06. The van der Waals surface area contributed by atoms with E-state index in [4.69, 9.17) is 11.6 Å². The first-order chi connectivity index (χ1) is 10.7. The lowest BCUT2D eigenvalue weighted by Gasteiger charge is -2.29. The first-order valence-corrected chi connectivity index (χ1v) is 8.35. The van der Waals surface area contributed by atoms with Crippen molar-refractivity contribution in [2.45, 2.75) is 25.4 Å². The Kier molecular flexibility index (Phi) is 5.14. The van der Waals surface area contributed by atoms with E-state index in [1.54, 1.807) is 0 Å². The zero-order chi connectivity index (χ0) is 15.4. The molecule has 0 aliphatic carbocycles. The minimum atomic E-state index is 0.659. The maximum atomic E-state index is 5.94. The summed E-state index contributed by atoms with van der Waals surface area (Å²) in [7, 11) is 2.20. The number of nitrogens with one attached hydrogen (secondary N) is 1. The quantitative estimate of drug-likeness (QED) is 0.910. The van der Waals surface area contributed by atoms with Crippen molar-refractivity contribution >= 4 is 11.6 Å². The molecule has 0 aromatic heterocycles. The van der Waals surface area contributed by atoms with E-state index in [1.807, 2.05) is 12.1 Å². The second-order valence-electron chi connectivity index (χ2n) is 6.16. The number of hydrogen-bond acceptors (Lipinski definition) is 2. The Morgan fingerprint density at radius 1 is 0.955 bits per heavy atom. The van der Waals surface area contributed by atoms with Gasteiger partial charge in [-0.15, -0.1) is 0 Å². The maximum Gasteiger partial charge on any atom is 0.0406 e. The van der Waals surface area contributed by atoms with E-state index in [-0.39, 0.29) is 0 Å². The topological polar surface area (TPSA) is 15.3 Å². The molecule has 3 heteroatoms. The third-order valence-electron chi connectivity index (χ3n) is 4.44. The van der Waals surface area contributed by atoms with E-state index < -0.39 is 0 Å². The largest absolute Gasteiger partial charge is 0.310 e. The molecule has 2 nitrogen and oxygen atoms in total. The van der Waals surface area contributed by atoms with Crippen molar-refractivity contribution in [3.8, 4) is 11.1 Å². The summed E-state index contributed by atoms with van der Waals surface area (Å²) in [5.41, 5.74) is 3.79. The van der Waals surface area contributed by atoms with E-state index >= 15 is 0 Å². The molecule has 0 atom stereocenters. The summed E-state index contributed by atoms with van der Waals surface area (Å²) in [6, 6.07) is 17.5. The van der Waals surface area contributed by atoms with E-state index in [0.29, 0.717) is 6.04 Å². The Hall–Kier alpha value is -1.35. The van der Waals surface area contributed by atoms with Crippen molar-refractivity contribution in [2.24, 2.45) is 0 Å². The van der Waals surface area contributed by atoms with Crippen molar-refractivity contribution in [2.75, 3.05) is 20.1 Å². The summed E-state index contributed by atoms with van der Waals surface area (Å²) in [5.74, 6) is 0. The maximum absolute atomic E-state index is 5.94. The van der Waals surface area contributed by atoms with Crippen LogP contribution in [0.1, 0.15) is 18.4 Å². The summed E-state index contributed by atoms with van der Waals surface area (Å²) < 4.78 is 0. The highest BCUT2D eigenvalue weighted by atomic mass is 35.5. The minimum Gasteiger partial charge on any atom is -0.310 e. The first-order valence-electron chi connectivity index (χ1n) is 7.97. The van der Waals surface area contributed by atoms with Gasteiger partial charge in [0.2, 0.25) is 0 Å². The molecule has 2 aromatic rings. The molecule has 116 valence electrons. The molecule has 1 saturated heterocycles. The number of nitrogens with zero attached hydrogens (tertiary/aromatic N) is 1. The highest BCUT2D eigenvalue weighted by Gasteiger charge is 2.15. The summed E-state index contributed by atoms with van der Waals surface area (Å²) in [4.78, 5) is 2.40. The number of benzene rings is 2. The van der Waals surface area contributed by atoms with E-state index in [0.717, 1.165) is 11.6 Å². The van der Waals surface area contributed by atoms with Crippen molar-refractivity contribution in [1.29, 1.82) is 0 Å². The van der Waals surface area contributed by atoms with Crippen LogP contribution in [0.25, 0.3) is 11.1 Å². The molecule has 22 heavy (non-hydrogen) atoms. The van der Waals surface area contributed by atoms with Gasteiger partial charge in [-0.3, -0.25) is 0 Å². The lowest BCUT2D eigenvalue weighted by atomic mass is 10.0. The molecular weight excluding hydrogens is 292 g/mol. The van der Waals surface area contributed by atoms with Gasteiger partial charge in [-0.1, -0.05) is 48.0 Å². The molecule has 3 rings (SSSR count). The average molecular weight is 315 g/mol. The van der Waals surface area contributed by atoms with Crippen LogP contribution in [-0.4, -0.2) is 31.1 Å². The third kappa shape index (κ3) is 4.10. The summed E-state index contributed by atoms with van der Waals surface area (Å²) in [5, 5.41) is 4.46. The van der Waals surface area contributed by atoms with Gasteiger partial charge >= 0.3 is 0 Å². The Labute approximate surface area is 138 Å². The molecule has 0 spiro atoms. The van der Waals surface area contributed by atoms with Crippen LogP contribution in [0.5, 0.6) is 0 Å². The van der Waals surface area contributed by atoms with Crippen LogP contribution in [0.4, 0.5) is 0 Å². The fraction of sp³-hybridized carbons (Fsp3) is 0.368. The van der Waals surface area contributed by atoms with Crippen LogP contribution in [0.3, 0.4) is 0 Å². The molecule has 0 unspecified atom stereocenters. The number of hydrogen-bond donors (Lipinski definition) is 1. The predicted molar refractivity (Wildman–Crippen MR) is 94.2 cm³/mol. The Morgan fingerprint density at radius 3 is 2.09 bits per heavy atom. The molecule has 1 aliphatic heterocycles. The highest BCUT2D eigenvalue weighted by Crippen LogP contribution is 2.22. The predicted octanol–water partition coefficient (Wildman–Crippen LogP) is 4.19. The second kappa shape index (κ2) is 7.28. The van der Waals surface area contributed by atoms with Crippen LogP contribution >= 0.6 is 11.6 Å². The fourth-order valence-electron chi connectivity index (χ4n) is 2.93. The number of halogens is 1. The zero-order valence-electron chi connectivity index (χ0n) is 13.1. The summed E-state index contributed by atoms with van der Waals surface area (Å²) in [6.45, 7) is 3.36. The van der Waals surface area contributed by atoms with Gasteiger partial charge < -0.3 is 10.2 Å². The van der Waals surface area contributed by atoms with Crippen molar-refractivity contribution < 1.29 is 0 Å². The van der Waals surface area contributed by atoms with Gasteiger partial charge in [0.05, 0.1) is 0 Å². The number of likely N-dealkylation sites (tertiary alicyclic amines) is 1. The van der Waals surface area contributed by atoms with E-state index in [2.05, 4.69) is 53.7 Å². The van der Waals surface area contributed by atoms with Crippen LogP contribution in [0.15, 0.2) is 48.5 Å². The molecule has 0 amide bonds. The van der Waals surface area contributed by atoms with Crippen molar-refractivity contribution in [3.63, 3.8) is 0 Å². The molecular formula is C19H23ClN2. The monoisotopic (exact) mass is 314 g/mol. The summed E-state index contributed by atoms with van der Waals surface area (Å²) in [6.07, 6.45) is 2.50. The van der Waals surface area contributed by atoms with Gasteiger partial charge in [0.1, 0.15) is 0 Å². The van der Waals surface area contributed by atoms with Crippen molar-refractivity contribution in [3.05, 3.63) is 59.1 Å². The molecule has 0 saturated carbocycles. The normalized spacial score (nSPS) is 16.8. The van der Waals surface area contributed by atoms with Gasteiger partial charge in [0.15, 0.2) is 0 Å². The standard InChI is InChI=1S/C19H23ClN2/c1-22-12-10-19(11-13-22)21-14-15-2-4-16(5-3-15)17-6-8-18(20)9-7-17/h2-9,19,21H,10-14H2,1H3. The number of rotatable bonds is 4. The Bertz CT molecular complexity index is 584. The Balaban J connectivity index is 1.56. The van der Waals surface area contributed by atoms with Crippen LogP contribution < -0.4 is 5.32 Å². The first kappa shape index (κ1) is 15.5. The molecule has 1 N–H and O–H groups in total. The molecule has 1 aliphatic rings. The minimum absolute atomic E-state index is 0.659. The van der Waals surface area contributed by atoms with E-state index in [9.17, 15) is 0 Å². The third-order valence-corrected chi connectivity index (χ3v) is 4.70. The van der Waals surface area contributed by atoms with E-state index in [1.165, 1.54) is 42.6 Å². The number of piperidine rings is 1. The van der Waals surface area contributed by atoms with Gasteiger partial charge in [0.25, 0.3) is 0 Å². The molecule has 1 heterocycles. The SMILES string of the molecule is CN1CCC(NCc2ccc(-c3ccc(Cl)cc3)cc2)CC1. The van der Waals surface area contributed by atoms with Crippen LogP contribution in [-0.2, 0) is 6.54 Å². The average Bonchev–Trinajstić information content (AvgIpc) is 2.56. The molecule has 1 fully saturated rings. The molecule has 0 radical (unpaired) electrons. The second-order valence-corrected chi connectivity index (χ2v) is 6.60. The summed E-state index contributed by atoms with van der Waals surface area (Å²) >= 11 is 5.94. The van der Waals surface area contributed by atoms with Gasteiger partial charge in [-0.05, 0) is 61.8 Å². The lowest BCUT2D eigenvalue weighted by molar-refractivity contribution is 0.234. The zero-order valence-corrected chi connectivity index (χ0v) is 13.8. The van der Waals surface area contributed by atoms with Crippen molar-refractivity contribution in [1.82, 2.24) is 10.2 Å². The highest BCUT2D eigenvalue weighted by molar-refractivity contribution is 6.30. The van der Waals surface area contributed by atoms with Gasteiger partial charge in [0, 0.05) is 17.6 Å².